The van der Waals surface area contributed by atoms with Crippen LogP contribution in [0, 0.1) is 0 Å². The molecule has 1 atom stereocenters. The zero-order valence-corrected chi connectivity index (χ0v) is 14.8. The van der Waals surface area contributed by atoms with Gasteiger partial charge in [-0.3, -0.25) is 14.6 Å². The number of carbonyl (C=O) groups is 2. The van der Waals surface area contributed by atoms with Crippen LogP contribution in [-0.4, -0.2) is 65.7 Å². The van der Waals surface area contributed by atoms with E-state index in [2.05, 4.69) is 4.98 Å². The molecule has 24 heavy (non-hydrogen) atoms. The average molecular weight is 353 g/mol. The molecule has 0 aliphatic carbocycles. The quantitative estimate of drug-likeness (QED) is 0.742. The van der Waals surface area contributed by atoms with E-state index in [0.717, 1.165) is 0 Å². The summed E-state index contributed by atoms with van der Waals surface area (Å²) in [5, 5.41) is 0. The van der Waals surface area contributed by atoms with Gasteiger partial charge in [-0.1, -0.05) is 6.07 Å². The predicted octanol–water partition coefficient (Wildman–Crippen LogP) is 0.466. The highest BCUT2D eigenvalue weighted by molar-refractivity contribution is 7.91. The number of carbonyl (C=O) groups excluding carboxylic acids is 2. The first-order valence-corrected chi connectivity index (χ1v) is 9.80. The van der Waals surface area contributed by atoms with Gasteiger partial charge in [-0.15, -0.1) is 0 Å². The first kappa shape index (κ1) is 18.4. The minimum absolute atomic E-state index is 0.00684. The lowest BCUT2D eigenvalue weighted by Gasteiger charge is -2.30. The van der Waals surface area contributed by atoms with Gasteiger partial charge in [0.2, 0.25) is 11.8 Å². The molecule has 1 saturated heterocycles. The smallest absolute Gasteiger partial charge is 0.242 e. The molecule has 132 valence electrons. The van der Waals surface area contributed by atoms with E-state index < -0.39 is 9.84 Å². The van der Waals surface area contributed by atoms with Crippen molar-refractivity contribution in [2.75, 3.05) is 24.6 Å². The normalized spacial score (nSPS) is 19.0. The van der Waals surface area contributed by atoms with Crippen LogP contribution >= 0.6 is 0 Å². The molecule has 0 saturated carbocycles. The van der Waals surface area contributed by atoms with E-state index in [1.54, 1.807) is 23.2 Å². The molecule has 0 spiro atoms. The Morgan fingerprint density at radius 2 is 2.08 bits per heavy atom. The van der Waals surface area contributed by atoms with Crippen LogP contribution in [0.1, 0.15) is 26.0 Å². The Morgan fingerprint density at radius 1 is 1.33 bits per heavy atom. The monoisotopic (exact) mass is 353 g/mol. The van der Waals surface area contributed by atoms with Gasteiger partial charge in [-0.05, 0) is 25.5 Å². The lowest BCUT2D eigenvalue weighted by Crippen LogP contribution is -2.47. The summed E-state index contributed by atoms with van der Waals surface area (Å²) in [5.41, 5.74) is 0.701. The molecule has 0 radical (unpaired) electrons. The topological polar surface area (TPSA) is 87.7 Å². The third-order valence-electron chi connectivity index (χ3n) is 4.16. The van der Waals surface area contributed by atoms with Crippen molar-refractivity contribution in [3.8, 4) is 0 Å². The van der Waals surface area contributed by atoms with Gasteiger partial charge in [0.05, 0.1) is 23.7 Å². The van der Waals surface area contributed by atoms with E-state index in [-0.39, 0.29) is 42.5 Å². The maximum atomic E-state index is 12.6. The Bertz CT molecular complexity index is 691. The second kappa shape index (κ2) is 7.74. The first-order chi connectivity index (χ1) is 11.3. The van der Waals surface area contributed by atoms with Crippen LogP contribution in [0.2, 0.25) is 0 Å². The van der Waals surface area contributed by atoms with Crippen molar-refractivity contribution in [1.82, 2.24) is 14.8 Å². The number of hydrogen-bond acceptors (Lipinski definition) is 5. The molecule has 1 aromatic heterocycles. The molecule has 2 amide bonds. The van der Waals surface area contributed by atoms with Crippen LogP contribution in [0.4, 0.5) is 0 Å². The second-order valence-electron chi connectivity index (χ2n) is 5.93. The lowest BCUT2D eigenvalue weighted by molar-refractivity contribution is -0.141. The summed E-state index contributed by atoms with van der Waals surface area (Å²) in [6.07, 6.45) is 2.10. The van der Waals surface area contributed by atoms with Gasteiger partial charge in [0.25, 0.3) is 0 Å². The summed E-state index contributed by atoms with van der Waals surface area (Å²) in [5.74, 6) is -0.326. The van der Waals surface area contributed by atoms with Gasteiger partial charge in [0.15, 0.2) is 9.84 Å². The minimum Gasteiger partial charge on any atom is -0.337 e. The van der Waals surface area contributed by atoms with E-state index in [1.807, 2.05) is 13.0 Å². The maximum Gasteiger partial charge on any atom is 0.242 e. The minimum atomic E-state index is -3.06. The number of likely N-dealkylation sites (N-methyl/N-ethyl adjacent to an activating group) is 1. The first-order valence-electron chi connectivity index (χ1n) is 7.97. The summed E-state index contributed by atoms with van der Waals surface area (Å²) in [6, 6.07) is 5.11. The Hall–Kier alpha value is -1.96. The molecule has 1 fully saturated rings. The van der Waals surface area contributed by atoms with Crippen LogP contribution < -0.4 is 0 Å². The van der Waals surface area contributed by atoms with Crippen molar-refractivity contribution in [2.45, 2.75) is 32.9 Å². The Kier molecular flexibility index (Phi) is 5.93. The number of sulfone groups is 1. The zero-order chi connectivity index (χ0) is 17.7. The van der Waals surface area contributed by atoms with Crippen molar-refractivity contribution in [3.05, 3.63) is 30.1 Å². The molecule has 0 aromatic carbocycles. The van der Waals surface area contributed by atoms with Gasteiger partial charge >= 0.3 is 0 Å². The maximum absolute atomic E-state index is 12.6. The number of nitrogens with zero attached hydrogens (tertiary/aromatic N) is 3. The van der Waals surface area contributed by atoms with E-state index >= 15 is 0 Å². The number of amides is 2. The standard InChI is InChI=1S/C16H23N3O4S/c1-3-19(15-7-9-24(22,23)12-15)16(21)11-18(13(2)20)10-14-6-4-5-8-17-14/h4-6,8,15H,3,7,9-12H2,1-2H3. The summed E-state index contributed by atoms with van der Waals surface area (Å²) >= 11 is 0. The van der Waals surface area contributed by atoms with Gasteiger partial charge in [-0.2, -0.15) is 0 Å². The summed E-state index contributed by atoms with van der Waals surface area (Å²) in [4.78, 5) is 31.6. The van der Waals surface area contributed by atoms with Crippen molar-refractivity contribution in [3.63, 3.8) is 0 Å². The largest absolute Gasteiger partial charge is 0.337 e. The molecule has 0 N–H and O–H groups in total. The Morgan fingerprint density at radius 3 is 2.58 bits per heavy atom. The fourth-order valence-corrected chi connectivity index (χ4v) is 4.61. The molecular formula is C16H23N3O4S. The Labute approximate surface area is 142 Å². The highest BCUT2D eigenvalue weighted by atomic mass is 32.2. The van der Waals surface area contributed by atoms with Crippen LogP contribution in [0.3, 0.4) is 0 Å². The second-order valence-corrected chi connectivity index (χ2v) is 8.16. The van der Waals surface area contributed by atoms with Crippen molar-refractivity contribution in [2.24, 2.45) is 0 Å². The molecule has 2 rings (SSSR count). The molecule has 1 aliphatic heterocycles. The molecule has 1 aromatic rings. The van der Waals surface area contributed by atoms with Gasteiger partial charge < -0.3 is 9.80 Å². The van der Waals surface area contributed by atoms with E-state index in [9.17, 15) is 18.0 Å². The predicted molar refractivity (Wildman–Crippen MR) is 89.8 cm³/mol. The van der Waals surface area contributed by atoms with Gasteiger partial charge in [0, 0.05) is 25.7 Å². The third kappa shape index (κ3) is 4.77. The highest BCUT2D eigenvalue weighted by Gasteiger charge is 2.34. The average Bonchev–Trinajstić information content (AvgIpc) is 2.88. The zero-order valence-electron chi connectivity index (χ0n) is 14.0. The molecule has 1 unspecified atom stereocenters. The molecule has 2 heterocycles. The summed E-state index contributed by atoms with van der Waals surface area (Å²) in [7, 11) is -3.06. The number of aromatic nitrogens is 1. The van der Waals surface area contributed by atoms with Crippen LogP contribution in [0.15, 0.2) is 24.4 Å². The number of rotatable bonds is 6. The lowest BCUT2D eigenvalue weighted by atomic mass is 10.2. The summed E-state index contributed by atoms with van der Waals surface area (Å²) in [6.45, 7) is 3.83. The summed E-state index contributed by atoms with van der Waals surface area (Å²) < 4.78 is 23.3. The number of pyridine rings is 1. The van der Waals surface area contributed by atoms with E-state index in [0.29, 0.717) is 18.7 Å². The van der Waals surface area contributed by atoms with Gasteiger partial charge in [-0.25, -0.2) is 8.42 Å². The van der Waals surface area contributed by atoms with Crippen molar-refractivity contribution >= 4 is 21.7 Å². The van der Waals surface area contributed by atoms with Crippen LogP contribution in [-0.2, 0) is 26.0 Å². The number of hydrogen-bond donors (Lipinski definition) is 0. The molecule has 8 heteroatoms. The SMILES string of the molecule is CCN(C(=O)CN(Cc1ccccn1)C(C)=O)C1CCS(=O)(=O)C1. The van der Waals surface area contributed by atoms with Gasteiger partial charge in [0.1, 0.15) is 6.54 Å². The highest BCUT2D eigenvalue weighted by Crippen LogP contribution is 2.18. The van der Waals surface area contributed by atoms with Crippen molar-refractivity contribution in [1.29, 1.82) is 0 Å². The van der Waals surface area contributed by atoms with Crippen molar-refractivity contribution < 1.29 is 18.0 Å². The third-order valence-corrected chi connectivity index (χ3v) is 5.91. The van der Waals surface area contributed by atoms with E-state index in [4.69, 9.17) is 0 Å². The van der Waals surface area contributed by atoms with E-state index in [1.165, 1.54) is 11.8 Å². The fraction of sp³-hybridized carbons (Fsp3) is 0.562. The fourth-order valence-electron chi connectivity index (χ4n) is 2.88. The molecular weight excluding hydrogens is 330 g/mol. The molecule has 7 nitrogen and oxygen atoms in total. The van der Waals surface area contributed by atoms with Crippen LogP contribution in [0.5, 0.6) is 0 Å². The Balaban J connectivity index is 2.04. The molecule has 0 bridgehead atoms. The van der Waals surface area contributed by atoms with Crippen LogP contribution in [0.25, 0.3) is 0 Å². The molecule has 1 aliphatic rings.